The SMILES string of the molecule is Fc1c(F)c(F)c(NC2/C=C\CCCCC2)c(F)c1F. The van der Waals surface area contributed by atoms with Crippen molar-refractivity contribution in [1.82, 2.24) is 0 Å². The molecule has 1 aromatic rings. The topological polar surface area (TPSA) is 12.0 Å². The van der Waals surface area contributed by atoms with Gasteiger partial charge in [0.2, 0.25) is 5.82 Å². The van der Waals surface area contributed by atoms with E-state index in [1.807, 2.05) is 6.08 Å². The Morgan fingerprint density at radius 2 is 1.40 bits per heavy atom. The molecule has 0 amide bonds. The molecule has 0 spiro atoms. The van der Waals surface area contributed by atoms with Crippen LogP contribution in [0.15, 0.2) is 12.2 Å². The molecule has 1 N–H and O–H groups in total. The van der Waals surface area contributed by atoms with Crippen LogP contribution in [0.1, 0.15) is 32.1 Å². The first kappa shape index (κ1) is 14.8. The zero-order chi connectivity index (χ0) is 14.7. The first-order valence-corrected chi connectivity index (χ1v) is 6.47. The van der Waals surface area contributed by atoms with Crippen LogP contribution in [0.4, 0.5) is 27.6 Å². The van der Waals surface area contributed by atoms with Gasteiger partial charge < -0.3 is 5.32 Å². The van der Waals surface area contributed by atoms with E-state index < -0.39 is 40.8 Å². The Balaban J connectivity index is 2.31. The highest BCUT2D eigenvalue weighted by molar-refractivity contribution is 5.49. The maximum atomic E-state index is 13.5. The van der Waals surface area contributed by atoms with Crippen molar-refractivity contribution >= 4 is 5.69 Å². The summed E-state index contributed by atoms with van der Waals surface area (Å²) in [6.45, 7) is 0. The first-order valence-electron chi connectivity index (χ1n) is 6.47. The molecule has 1 nitrogen and oxygen atoms in total. The van der Waals surface area contributed by atoms with Gasteiger partial charge in [-0.05, 0) is 19.3 Å². The average Bonchev–Trinajstić information content (AvgIpc) is 2.41. The molecule has 20 heavy (non-hydrogen) atoms. The smallest absolute Gasteiger partial charge is 0.200 e. The van der Waals surface area contributed by atoms with Crippen molar-refractivity contribution in [3.05, 3.63) is 41.2 Å². The second-order valence-electron chi connectivity index (χ2n) is 4.76. The van der Waals surface area contributed by atoms with Gasteiger partial charge >= 0.3 is 0 Å². The Morgan fingerprint density at radius 1 is 0.800 bits per heavy atom. The second-order valence-corrected chi connectivity index (χ2v) is 4.76. The van der Waals surface area contributed by atoms with E-state index >= 15 is 0 Å². The minimum Gasteiger partial charge on any atom is -0.374 e. The van der Waals surface area contributed by atoms with Crippen LogP contribution >= 0.6 is 0 Å². The van der Waals surface area contributed by atoms with Gasteiger partial charge in [0, 0.05) is 6.04 Å². The Bertz CT molecular complexity index is 498. The Kier molecular flexibility index (Phi) is 4.62. The monoisotopic (exact) mass is 291 g/mol. The van der Waals surface area contributed by atoms with E-state index in [1.54, 1.807) is 6.08 Å². The molecule has 0 saturated carbocycles. The van der Waals surface area contributed by atoms with Gasteiger partial charge in [0.05, 0.1) is 0 Å². The Morgan fingerprint density at radius 3 is 2.05 bits per heavy atom. The van der Waals surface area contributed by atoms with Gasteiger partial charge in [0.15, 0.2) is 23.3 Å². The van der Waals surface area contributed by atoms with Gasteiger partial charge in [0.25, 0.3) is 0 Å². The highest BCUT2D eigenvalue weighted by Gasteiger charge is 2.26. The maximum absolute atomic E-state index is 13.5. The fraction of sp³-hybridized carbons (Fsp3) is 0.429. The number of rotatable bonds is 2. The molecule has 1 aliphatic rings. The highest BCUT2D eigenvalue weighted by atomic mass is 19.2. The summed E-state index contributed by atoms with van der Waals surface area (Å²) in [6, 6.07) is -0.441. The van der Waals surface area contributed by atoms with Gasteiger partial charge in [-0.25, -0.2) is 22.0 Å². The minimum absolute atomic E-state index is 0.441. The summed E-state index contributed by atoms with van der Waals surface area (Å²) in [6.07, 6.45) is 7.81. The fourth-order valence-corrected chi connectivity index (χ4v) is 2.20. The summed E-state index contributed by atoms with van der Waals surface area (Å²) >= 11 is 0. The highest BCUT2D eigenvalue weighted by Crippen LogP contribution is 2.28. The molecule has 1 unspecified atom stereocenters. The van der Waals surface area contributed by atoms with Crippen molar-refractivity contribution in [1.29, 1.82) is 0 Å². The maximum Gasteiger partial charge on any atom is 0.200 e. The van der Waals surface area contributed by atoms with Gasteiger partial charge in [-0.3, -0.25) is 0 Å². The average molecular weight is 291 g/mol. The third kappa shape index (κ3) is 2.94. The van der Waals surface area contributed by atoms with Crippen LogP contribution in [0, 0.1) is 29.1 Å². The van der Waals surface area contributed by atoms with Gasteiger partial charge in [-0.2, -0.15) is 0 Å². The van der Waals surface area contributed by atoms with Crippen molar-refractivity contribution < 1.29 is 22.0 Å². The van der Waals surface area contributed by atoms with E-state index in [-0.39, 0.29) is 0 Å². The number of hydrogen-bond acceptors (Lipinski definition) is 1. The molecule has 2 rings (SSSR count). The molecule has 0 aromatic heterocycles. The quantitative estimate of drug-likeness (QED) is 0.361. The molecule has 0 fully saturated rings. The van der Waals surface area contributed by atoms with Crippen LogP contribution in [0.5, 0.6) is 0 Å². The summed E-state index contributed by atoms with van der Waals surface area (Å²) in [5.41, 5.74) is -0.961. The zero-order valence-corrected chi connectivity index (χ0v) is 10.7. The number of benzene rings is 1. The van der Waals surface area contributed by atoms with Crippen molar-refractivity contribution in [2.45, 2.75) is 38.1 Å². The van der Waals surface area contributed by atoms with E-state index in [9.17, 15) is 22.0 Å². The van der Waals surface area contributed by atoms with Crippen LogP contribution < -0.4 is 5.32 Å². The summed E-state index contributed by atoms with van der Waals surface area (Å²) in [5, 5.41) is 2.41. The first-order chi connectivity index (χ1) is 9.52. The standard InChI is InChI=1S/C14H14F5N/c15-9-10(16)12(18)14(13(19)11(9)17)20-8-6-4-2-1-3-5-7-8/h4,6,8,20H,1-3,5,7H2/b6-4-. The van der Waals surface area contributed by atoms with E-state index in [0.717, 1.165) is 25.7 Å². The molecule has 0 saturated heterocycles. The summed E-state index contributed by atoms with van der Waals surface area (Å²) < 4.78 is 66.2. The van der Waals surface area contributed by atoms with E-state index in [1.165, 1.54) is 0 Å². The van der Waals surface area contributed by atoms with Crippen LogP contribution in [0.25, 0.3) is 0 Å². The Hall–Kier alpha value is -1.59. The molecule has 0 bridgehead atoms. The van der Waals surface area contributed by atoms with Crippen LogP contribution in [-0.2, 0) is 0 Å². The lowest BCUT2D eigenvalue weighted by Crippen LogP contribution is -2.21. The molecule has 1 aromatic carbocycles. The normalized spacial score (nSPS) is 21.1. The third-order valence-electron chi connectivity index (χ3n) is 3.29. The van der Waals surface area contributed by atoms with Crippen molar-refractivity contribution in [3.8, 4) is 0 Å². The lowest BCUT2D eigenvalue weighted by Gasteiger charge is -2.19. The molecule has 1 aliphatic carbocycles. The van der Waals surface area contributed by atoms with E-state index in [0.29, 0.717) is 6.42 Å². The predicted molar refractivity (Wildman–Crippen MR) is 65.9 cm³/mol. The second kappa shape index (κ2) is 6.24. The number of allylic oxidation sites excluding steroid dienone is 1. The fourth-order valence-electron chi connectivity index (χ4n) is 2.20. The van der Waals surface area contributed by atoms with Crippen LogP contribution in [0.2, 0.25) is 0 Å². The van der Waals surface area contributed by atoms with Crippen molar-refractivity contribution in [3.63, 3.8) is 0 Å². The lowest BCUT2D eigenvalue weighted by atomic mass is 10.0. The van der Waals surface area contributed by atoms with Crippen LogP contribution in [-0.4, -0.2) is 6.04 Å². The molecule has 0 heterocycles. The summed E-state index contributed by atoms with van der Waals surface area (Å²) in [5.74, 6) is -9.64. The largest absolute Gasteiger partial charge is 0.374 e. The molecule has 0 aliphatic heterocycles. The number of nitrogens with one attached hydrogen (secondary N) is 1. The lowest BCUT2D eigenvalue weighted by molar-refractivity contribution is 0.380. The van der Waals surface area contributed by atoms with Crippen molar-refractivity contribution in [2.24, 2.45) is 0 Å². The van der Waals surface area contributed by atoms with Crippen LogP contribution in [0.3, 0.4) is 0 Å². The molecular weight excluding hydrogens is 277 g/mol. The molecule has 1 atom stereocenters. The molecule has 6 heteroatoms. The number of halogens is 5. The molecule has 0 radical (unpaired) electrons. The van der Waals surface area contributed by atoms with E-state index in [2.05, 4.69) is 5.32 Å². The van der Waals surface area contributed by atoms with Gasteiger partial charge in [-0.15, -0.1) is 0 Å². The third-order valence-corrected chi connectivity index (χ3v) is 3.29. The molecular formula is C14H14F5N. The van der Waals surface area contributed by atoms with Gasteiger partial charge in [0.1, 0.15) is 5.69 Å². The predicted octanol–water partition coefficient (Wildman–Crippen LogP) is 4.68. The van der Waals surface area contributed by atoms with E-state index in [4.69, 9.17) is 0 Å². The zero-order valence-electron chi connectivity index (χ0n) is 10.7. The minimum atomic E-state index is -2.14. The van der Waals surface area contributed by atoms with Gasteiger partial charge in [-0.1, -0.05) is 25.0 Å². The number of hydrogen-bond donors (Lipinski definition) is 1. The summed E-state index contributed by atoms with van der Waals surface area (Å²) in [7, 11) is 0. The number of anilines is 1. The summed E-state index contributed by atoms with van der Waals surface area (Å²) in [4.78, 5) is 0. The Labute approximate surface area is 113 Å². The molecule has 110 valence electrons. The van der Waals surface area contributed by atoms with Crippen molar-refractivity contribution in [2.75, 3.05) is 5.32 Å².